The van der Waals surface area contributed by atoms with Crippen LogP contribution in [0.5, 0.6) is 0 Å². The summed E-state index contributed by atoms with van der Waals surface area (Å²) < 4.78 is 0. The minimum absolute atomic E-state index is 0.0303. The van der Waals surface area contributed by atoms with Gasteiger partial charge in [-0.1, -0.05) is 19.8 Å². The number of likely N-dealkylation sites (tertiary alicyclic amines) is 1. The second kappa shape index (κ2) is 4.88. The lowest BCUT2D eigenvalue weighted by molar-refractivity contribution is -0.143. The van der Waals surface area contributed by atoms with Gasteiger partial charge in [0.05, 0.1) is 11.3 Å². The van der Waals surface area contributed by atoms with E-state index < -0.39 is 17.3 Å². The molecule has 5 heteroatoms. The van der Waals surface area contributed by atoms with Crippen LogP contribution in [-0.2, 0) is 9.59 Å². The number of amides is 1. The summed E-state index contributed by atoms with van der Waals surface area (Å²) in [6.07, 6.45) is 3.80. The first-order valence-corrected chi connectivity index (χ1v) is 6.72. The number of rotatable bonds is 3. The molecular weight excluding hydrogens is 232 g/mol. The minimum Gasteiger partial charge on any atom is -0.481 e. The molecule has 1 saturated heterocycles. The van der Waals surface area contributed by atoms with E-state index in [0.29, 0.717) is 19.6 Å². The van der Waals surface area contributed by atoms with Crippen LogP contribution in [-0.4, -0.2) is 41.5 Å². The van der Waals surface area contributed by atoms with E-state index >= 15 is 0 Å². The number of hydrogen-bond donors (Lipinski definition) is 2. The summed E-state index contributed by atoms with van der Waals surface area (Å²) in [6.45, 7) is 3.18. The van der Waals surface area contributed by atoms with E-state index in [1.807, 2.05) is 6.92 Å². The molecule has 5 nitrogen and oxygen atoms in total. The first kappa shape index (κ1) is 13.3. The highest BCUT2D eigenvalue weighted by Crippen LogP contribution is 2.40. The van der Waals surface area contributed by atoms with Crippen LogP contribution in [0.2, 0.25) is 0 Å². The van der Waals surface area contributed by atoms with Crippen LogP contribution < -0.4 is 5.73 Å². The number of carbonyl (C=O) groups excluding carboxylic acids is 1. The van der Waals surface area contributed by atoms with Crippen LogP contribution in [0, 0.1) is 17.3 Å². The fourth-order valence-corrected chi connectivity index (χ4v) is 3.35. The molecule has 2 fully saturated rings. The quantitative estimate of drug-likeness (QED) is 0.776. The summed E-state index contributed by atoms with van der Waals surface area (Å²) in [5, 5.41) is 9.11. The molecule has 0 aromatic carbocycles. The third-order valence-electron chi connectivity index (χ3n) is 4.62. The Hall–Kier alpha value is -1.10. The number of hydrogen-bond acceptors (Lipinski definition) is 3. The van der Waals surface area contributed by atoms with Crippen LogP contribution >= 0.6 is 0 Å². The second-order valence-corrected chi connectivity index (χ2v) is 5.82. The number of nitrogens with zero attached hydrogens (tertiary/aromatic N) is 1. The van der Waals surface area contributed by atoms with Crippen LogP contribution in [0.3, 0.4) is 0 Å². The lowest BCUT2D eigenvalue weighted by Crippen LogP contribution is -2.46. The molecule has 2 aliphatic rings. The van der Waals surface area contributed by atoms with Gasteiger partial charge in [0.15, 0.2) is 0 Å². The molecule has 1 amide bonds. The van der Waals surface area contributed by atoms with Crippen molar-refractivity contribution in [1.82, 2.24) is 4.90 Å². The number of carboxylic acids is 1. The van der Waals surface area contributed by atoms with Crippen molar-refractivity contribution in [3.8, 4) is 0 Å². The van der Waals surface area contributed by atoms with Gasteiger partial charge in [-0.05, 0) is 18.8 Å². The molecule has 1 aliphatic carbocycles. The predicted molar refractivity (Wildman–Crippen MR) is 66.8 cm³/mol. The fraction of sp³-hybridized carbons (Fsp3) is 0.846. The number of aliphatic carboxylic acids is 1. The molecule has 1 saturated carbocycles. The SMILES string of the molecule is C[C@@H]1CN(C(=O)C2(CN)CCCC2)C[C@H]1C(=O)O. The number of carboxylic acid groups (broad SMARTS) is 1. The minimum atomic E-state index is -0.800. The average molecular weight is 254 g/mol. The third-order valence-corrected chi connectivity index (χ3v) is 4.62. The monoisotopic (exact) mass is 254 g/mol. The summed E-state index contributed by atoms with van der Waals surface area (Å²) >= 11 is 0. The van der Waals surface area contributed by atoms with Crippen molar-refractivity contribution in [3.63, 3.8) is 0 Å². The third kappa shape index (κ3) is 2.11. The number of nitrogens with two attached hydrogens (primary N) is 1. The van der Waals surface area contributed by atoms with E-state index in [2.05, 4.69) is 0 Å². The second-order valence-electron chi connectivity index (χ2n) is 5.82. The molecule has 18 heavy (non-hydrogen) atoms. The Labute approximate surface area is 107 Å². The molecule has 1 aliphatic heterocycles. The van der Waals surface area contributed by atoms with E-state index in [-0.39, 0.29) is 11.8 Å². The molecule has 0 radical (unpaired) electrons. The van der Waals surface area contributed by atoms with Crippen molar-refractivity contribution in [2.45, 2.75) is 32.6 Å². The fourth-order valence-electron chi connectivity index (χ4n) is 3.35. The lowest BCUT2D eigenvalue weighted by atomic mass is 9.84. The zero-order chi connectivity index (χ0) is 13.3. The Morgan fingerprint density at radius 2 is 1.94 bits per heavy atom. The first-order valence-electron chi connectivity index (χ1n) is 6.72. The lowest BCUT2D eigenvalue weighted by Gasteiger charge is -2.31. The van der Waals surface area contributed by atoms with E-state index in [1.54, 1.807) is 4.90 Å². The molecule has 0 aromatic heterocycles. The molecule has 2 rings (SSSR count). The van der Waals surface area contributed by atoms with E-state index in [1.165, 1.54) is 0 Å². The Balaban J connectivity index is 2.09. The highest BCUT2D eigenvalue weighted by atomic mass is 16.4. The predicted octanol–water partition coefficient (Wildman–Crippen LogP) is 0.685. The highest BCUT2D eigenvalue weighted by Gasteiger charge is 2.46. The van der Waals surface area contributed by atoms with Gasteiger partial charge in [0.1, 0.15) is 0 Å². The Morgan fingerprint density at radius 1 is 1.33 bits per heavy atom. The number of carbonyl (C=O) groups is 2. The summed E-state index contributed by atoms with van der Waals surface area (Å²) in [5.74, 6) is -1.11. The van der Waals surface area contributed by atoms with Gasteiger partial charge < -0.3 is 15.7 Å². The van der Waals surface area contributed by atoms with Crippen LogP contribution in [0.4, 0.5) is 0 Å². The first-order chi connectivity index (χ1) is 8.50. The maximum atomic E-state index is 12.6. The molecule has 0 unspecified atom stereocenters. The van der Waals surface area contributed by atoms with Crippen molar-refractivity contribution in [3.05, 3.63) is 0 Å². The molecule has 0 bridgehead atoms. The summed E-state index contributed by atoms with van der Waals surface area (Å²) in [6, 6.07) is 0. The van der Waals surface area contributed by atoms with Gasteiger partial charge in [0.2, 0.25) is 5.91 Å². The van der Waals surface area contributed by atoms with Crippen LogP contribution in [0.25, 0.3) is 0 Å². The highest BCUT2D eigenvalue weighted by molar-refractivity contribution is 5.84. The van der Waals surface area contributed by atoms with Gasteiger partial charge in [-0.3, -0.25) is 9.59 Å². The Morgan fingerprint density at radius 3 is 2.39 bits per heavy atom. The maximum Gasteiger partial charge on any atom is 0.308 e. The molecule has 2 atom stereocenters. The van der Waals surface area contributed by atoms with Crippen molar-refractivity contribution in [2.75, 3.05) is 19.6 Å². The largest absolute Gasteiger partial charge is 0.481 e. The Kier molecular flexibility index (Phi) is 3.61. The standard InChI is InChI=1S/C13H22N2O3/c1-9-6-15(7-10(9)11(16)17)12(18)13(8-14)4-2-3-5-13/h9-10H,2-8,14H2,1H3,(H,16,17)/t9-,10-/m1/s1. The van der Waals surface area contributed by atoms with E-state index in [0.717, 1.165) is 25.7 Å². The zero-order valence-corrected chi connectivity index (χ0v) is 10.9. The van der Waals surface area contributed by atoms with Crippen molar-refractivity contribution in [1.29, 1.82) is 0 Å². The van der Waals surface area contributed by atoms with Crippen molar-refractivity contribution < 1.29 is 14.7 Å². The van der Waals surface area contributed by atoms with Gasteiger partial charge in [-0.25, -0.2) is 0 Å². The van der Waals surface area contributed by atoms with Gasteiger partial charge in [-0.15, -0.1) is 0 Å². The van der Waals surface area contributed by atoms with Gasteiger partial charge in [0, 0.05) is 19.6 Å². The van der Waals surface area contributed by atoms with Crippen LogP contribution in [0.1, 0.15) is 32.6 Å². The topological polar surface area (TPSA) is 83.6 Å². The van der Waals surface area contributed by atoms with E-state index in [9.17, 15) is 9.59 Å². The molecule has 3 N–H and O–H groups in total. The van der Waals surface area contributed by atoms with Gasteiger partial charge in [-0.2, -0.15) is 0 Å². The maximum absolute atomic E-state index is 12.6. The Bertz CT molecular complexity index is 350. The normalized spacial score (nSPS) is 30.7. The van der Waals surface area contributed by atoms with Crippen LogP contribution in [0.15, 0.2) is 0 Å². The molecule has 0 spiro atoms. The van der Waals surface area contributed by atoms with Gasteiger partial charge >= 0.3 is 5.97 Å². The van der Waals surface area contributed by atoms with Gasteiger partial charge in [0.25, 0.3) is 0 Å². The smallest absolute Gasteiger partial charge is 0.308 e. The summed E-state index contributed by atoms with van der Waals surface area (Å²) in [5.41, 5.74) is 5.39. The molecule has 102 valence electrons. The molecule has 1 heterocycles. The van der Waals surface area contributed by atoms with Crippen molar-refractivity contribution >= 4 is 11.9 Å². The summed E-state index contributed by atoms with van der Waals surface area (Å²) in [4.78, 5) is 25.4. The van der Waals surface area contributed by atoms with E-state index in [4.69, 9.17) is 10.8 Å². The average Bonchev–Trinajstić information content (AvgIpc) is 2.95. The molecular formula is C13H22N2O3. The zero-order valence-electron chi connectivity index (χ0n) is 10.9. The van der Waals surface area contributed by atoms with Crippen molar-refractivity contribution in [2.24, 2.45) is 23.0 Å². The molecule has 0 aromatic rings. The summed E-state index contributed by atoms with van der Waals surface area (Å²) in [7, 11) is 0.